The van der Waals surface area contributed by atoms with Crippen LogP contribution in [0.3, 0.4) is 0 Å². The van der Waals surface area contributed by atoms with E-state index in [0.29, 0.717) is 32.9 Å². The number of ether oxygens (including phenoxy) is 2. The monoisotopic (exact) mass is 296 g/mol. The van der Waals surface area contributed by atoms with Gasteiger partial charge in [-0.05, 0) is 17.7 Å². The van der Waals surface area contributed by atoms with E-state index in [1.165, 1.54) is 12.1 Å². The second kappa shape index (κ2) is 9.73. The molecular formula is C14H20N2O5. The van der Waals surface area contributed by atoms with Crippen LogP contribution in [0.25, 0.3) is 0 Å². The van der Waals surface area contributed by atoms with Gasteiger partial charge in [0.25, 0.3) is 0 Å². The minimum absolute atomic E-state index is 0.219. The van der Waals surface area contributed by atoms with E-state index < -0.39 is 5.97 Å². The molecule has 0 aromatic heterocycles. The number of carbonyl (C=O) groups is 2. The van der Waals surface area contributed by atoms with E-state index >= 15 is 0 Å². The Hall–Kier alpha value is -2.12. The number of methoxy groups -OCH3 is 1. The average molecular weight is 296 g/mol. The molecule has 3 N–H and O–H groups in total. The van der Waals surface area contributed by atoms with Crippen molar-refractivity contribution in [1.82, 2.24) is 10.6 Å². The van der Waals surface area contributed by atoms with Gasteiger partial charge < -0.3 is 25.2 Å². The molecule has 7 nitrogen and oxygen atoms in total. The second-order valence-electron chi connectivity index (χ2n) is 4.22. The summed E-state index contributed by atoms with van der Waals surface area (Å²) in [5, 5.41) is 14.1. The van der Waals surface area contributed by atoms with E-state index in [0.717, 1.165) is 5.56 Å². The molecular weight excluding hydrogens is 276 g/mol. The lowest BCUT2D eigenvalue weighted by Gasteiger charge is -2.08. The van der Waals surface area contributed by atoms with E-state index in [-0.39, 0.29) is 11.6 Å². The molecule has 0 atom stereocenters. The molecule has 0 bridgehead atoms. The molecule has 1 aromatic carbocycles. The molecule has 0 heterocycles. The van der Waals surface area contributed by atoms with Gasteiger partial charge in [-0.1, -0.05) is 12.1 Å². The summed E-state index contributed by atoms with van der Waals surface area (Å²) in [6, 6.07) is 6.03. The minimum atomic E-state index is -0.972. The predicted octanol–water partition coefficient (Wildman–Crippen LogP) is 0.847. The number of carbonyl (C=O) groups excluding carboxylic acids is 1. The number of amides is 2. The lowest BCUT2D eigenvalue weighted by atomic mass is 10.1. The molecule has 116 valence electrons. The van der Waals surface area contributed by atoms with Crippen LogP contribution in [0.5, 0.6) is 0 Å². The molecule has 21 heavy (non-hydrogen) atoms. The molecule has 0 unspecified atom stereocenters. The molecule has 2 amide bonds. The number of hydrogen-bond acceptors (Lipinski definition) is 4. The number of carboxylic acid groups (broad SMARTS) is 1. The van der Waals surface area contributed by atoms with Gasteiger partial charge in [0.15, 0.2) is 0 Å². The van der Waals surface area contributed by atoms with Crippen LogP contribution in [0, 0.1) is 0 Å². The standard InChI is InChI=1S/C14H20N2O5/c1-20-8-9-21-7-6-15-14(19)16-10-11-2-4-12(5-3-11)13(17)18/h2-5H,6-10H2,1H3,(H,17,18)(H2,15,16,19). The Morgan fingerprint density at radius 1 is 1.10 bits per heavy atom. The quantitative estimate of drug-likeness (QED) is 0.587. The van der Waals surface area contributed by atoms with Crippen molar-refractivity contribution in [2.45, 2.75) is 6.54 Å². The molecule has 0 radical (unpaired) electrons. The van der Waals surface area contributed by atoms with Crippen LogP contribution >= 0.6 is 0 Å². The van der Waals surface area contributed by atoms with Gasteiger partial charge in [-0.15, -0.1) is 0 Å². The van der Waals surface area contributed by atoms with Crippen molar-refractivity contribution in [3.8, 4) is 0 Å². The number of carboxylic acids is 1. The van der Waals surface area contributed by atoms with E-state index in [1.807, 2.05) is 0 Å². The fraction of sp³-hybridized carbons (Fsp3) is 0.429. The summed E-state index contributed by atoms with van der Waals surface area (Å²) in [5.74, 6) is -0.972. The van der Waals surface area contributed by atoms with Crippen LogP contribution < -0.4 is 10.6 Å². The lowest BCUT2D eigenvalue weighted by molar-refractivity contribution is 0.0697. The summed E-state index contributed by atoms with van der Waals surface area (Å²) in [7, 11) is 1.60. The number of benzene rings is 1. The zero-order valence-electron chi connectivity index (χ0n) is 11.9. The Labute approximate surface area is 123 Å². The highest BCUT2D eigenvalue weighted by Crippen LogP contribution is 2.03. The minimum Gasteiger partial charge on any atom is -0.478 e. The Morgan fingerprint density at radius 2 is 1.81 bits per heavy atom. The molecule has 0 aliphatic rings. The van der Waals surface area contributed by atoms with E-state index in [1.54, 1.807) is 19.2 Å². The average Bonchev–Trinajstić information content (AvgIpc) is 2.49. The van der Waals surface area contributed by atoms with Crippen LogP contribution in [0.1, 0.15) is 15.9 Å². The van der Waals surface area contributed by atoms with Crippen LogP contribution in [0.4, 0.5) is 4.79 Å². The van der Waals surface area contributed by atoms with Crippen LogP contribution in [-0.2, 0) is 16.0 Å². The zero-order valence-corrected chi connectivity index (χ0v) is 11.9. The van der Waals surface area contributed by atoms with E-state index in [4.69, 9.17) is 14.6 Å². The third kappa shape index (κ3) is 7.28. The van der Waals surface area contributed by atoms with Gasteiger partial charge in [-0.3, -0.25) is 0 Å². The zero-order chi connectivity index (χ0) is 15.5. The van der Waals surface area contributed by atoms with Crippen molar-refractivity contribution in [3.05, 3.63) is 35.4 Å². The number of nitrogens with one attached hydrogen (secondary N) is 2. The fourth-order valence-corrected chi connectivity index (χ4v) is 1.49. The largest absolute Gasteiger partial charge is 0.478 e. The van der Waals surface area contributed by atoms with Crippen molar-refractivity contribution in [3.63, 3.8) is 0 Å². The molecule has 0 aliphatic carbocycles. The van der Waals surface area contributed by atoms with Gasteiger partial charge in [-0.25, -0.2) is 9.59 Å². The summed E-state index contributed by atoms with van der Waals surface area (Å²) in [6.45, 7) is 2.18. The van der Waals surface area contributed by atoms with Gasteiger partial charge >= 0.3 is 12.0 Å². The van der Waals surface area contributed by atoms with Crippen molar-refractivity contribution in [1.29, 1.82) is 0 Å². The third-order valence-corrected chi connectivity index (χ3v) is 2.62. The maximum absolute atomic E-state index is 11.5. The molecule has 0 fully saturated rings. The third-order valence-electron chi connectivity index (χ3n) is 2.62. The summed E-state index contributed by atoms with van der Waals surface area (Å²) >= 11 is 0. The highest BCUT2D eigenvalue weighted by molar-refractivity contribution is 5.87. The lowest BCUT2D eigenvalue weighted by Crippen LogP contribution is -2.37. The molecule has 1 rings (SSSR count). The predicted molar refractivity (Wildman–Crippen MR) is 76.3 cm³/mol. The fourth-order valence-electron chi connectivity index (χ4n) is 1.49. The number of hydrogen-bond donors (Lipinski definition) is 3. The van der Waals surface area contributed by atoms with Gasteiger partial charge in [0.05, 0.1) is 25.4 Å². The normalized spacial score (nSPS) is 10.1. The first-order valence-corrected chi connectivity index (χ1v) is 6.54. The summed E-state index contributed by atoms with van der Waals surface area (Å²) in [4.78, 5) is 22.2. The van der Waals surface area contributed by atoms with Crippen LogP contribution in [-0.4, -0.2) is 50.6 Å². The highest BCUT2D eigenvalue weighted by Gasteiger charge is 2.03. The first-order valence-electron chi connectivity index (χ1n) is 6.54. The summed E-state index contributed by atoms with van der Waals surface area (Å²) in [6.07, 6.45) is 0. The van der Waals surface area contributed by atoms with E-state index in [9.17, 15) is 9.59 Å². The van der Waals surface area contributed by atoms with E-state index in [2.05, 4.69) is 10.6 Å². The molecule has 0 spiro atoms. The topological polar surface area (TPSA) is 96.9 Å². The molecule has 0 aliphatic heterocycles. The maximum Gasteiger partial charge on any atom is 0.335 e. The number of urea groups is 1. The molecule has 0 saturated heterocycles. The summed E-state index contributed by atoms with van der Waals surface area (Å²) in [5.41, 5.74) is 1.04. The van der Waals surface area contributed by atoms with Gasteiger partial charge in [0.2, 0.25) is 0 Å². The van der Waals surface area contributed by atoms with Gasteiger partial charge in [0.1, 0.15) is 0 Å². The Kier molecular flexibility index (Phi) is 7.85. The molecule has 1 aromatic rings. The first-order chi connectivity index (χ1) is 10.1. The Bertz CT molecular complexity index is 447. The highest BCUT2D eigenvalue weighted by atomic mass is 16.5. The van der Waals surface area contributed by atoms with Crippen LogP contribution in [0.2, 0.25) is 0 Å². The molecule has 7 heteroatoms. The number of aromatic carboxylic acids is 1. The Balaban J connectivity index is 2.16. The van der Waals surface area contributed by atoms with Crippen LogP contribution in [0.15, 0.2) is 24.3 Å². The Morgan fingerprint density at radius 3 is 2.43 bits per heavy atom. The van der Waals surface area contributed by atoms with Crippen molar-refractivity contribution in [2.24, 2.45) is 0 Å². The second-order valence-corrected chi connectivity index (χ2v) is 4.22. The maximum atomic E-state index is 11.5. The van der Waals surface area contributed by atoms with Crippen molar-refractivity contribution >= 4 is 12.0 Å². The SMILES string of the molecule is COCCOCCNC(=O)NCc1ccc(C(=O)O)cc1. The first kappa shape index (κ1) is 16.9. The van der Waals surface area contributed by atoms with Crippen molar-refractivity contribution < 1.29 is 24.2 Å². The summed E-state index contributed by atoms with van der Waals surface area (Å²) < 4.78 is 10.0. The molecule has 0 saturated carbocycles. The van der Waals surface area contributed by atoms with Gasteiger partial charge in [0, 0.05) is 20.2 Å². The number of rotatable bonds is 9. The smallest absolute Gasteiger partial charge is 0.335 e. The van der Waals surface area contributed by atoms with Gasteiger partial charge in [-0.2, -0.15) is 0 Å². The van der Waals surface area contributed by atoms with Crippen molar-refractivity contribution in [2.75, 3.05) is 33.5 Å².